The molecule has 4 heteroatoms. The summed E-state index contributed by atoms with van der Waals surface area (Å²) in [6.45, 7) is 2.27. The zero-order valence-electron chi connectivity index (χ0n) is 12.4. The van der Waals surface area contributed by atoms with Crippen LogP contribution in [0.3, 0.4) is 0 Å². The molecule has 2 fully saturated rings. The monoisotopic (exact) mass is 306 g/mol. The molecular formula is C17H22O3S. The fourth-order valence-electron chi connectivity index (χ4n) is 4.00. The van der Waals surface area contributed by atoms with Gasteiger partial charge in [-0.15, -0.1) is 11.3 Å². The Hall–Kier alpha value is -0.710. The van der Waals surface area contributed by atoms with Crippen LogP contribution in [-0.2, 0) is 22.3 Å². The van der Waals surface area contributed by atoms with Gasteiger partial charge >= 0.3 is 0 Å². The maximum Gasteiger partial charge on any atom is 0.176 e. The van der Waals surface area contributed by atoms with Crippen molar-refractivity contribution < 1.29 is 14.3 Å². The van der Waals surface area contributed by atoms with E-state index < -0.39 is 0 Å². The lowest BCUT2D eigenvalue weighted by molar-refractivity contribution is -0.142. The standard InChI is InChI=1S/C17H22O3S/c18-16(15-10-12-2-1-3-14(12)21-15)13-4-7-20-17(11-13)5-8-19-9-6-17/h10,13H,1-9,11H2. The molecule has 1 aliphatic carbocycles. The maximum atomic E-state index is 12.9. The molecule has 3 aliphatic rings. The van der Waals surface area contributed by atoms with Crippen molar-refractivity contribution in [3.63, 3.8) is 0 Å². The smallest absolute Gasteiger partial charge is 0.176 e. The molecule has 1 atom stereocenters. The van der Waals surface area contributed by atoms with Crippen molar-refractivity contribution in [3.05, 3.63) is 21.4 Å². The molecule has 3 nitrogen and oxygen atoms in total. The first kappa shape index (κ1) is 13.9. The van der Waals surface area contributed by atoms with E-state index in [9.17, 15) is 4.79 Å². The van der Waals surface area contributed by atoms with Crippen LogP contribution in [0.4, 0.5) is 0 Å². The summed E-state index contributed by atoms with van der Waals surface area (Å²) < 4.78 is 11.5. The van der Waals surface area contributed by atoms with Gasteiger partial charge in [0.1, 0.15) is 0 Å². The van der Waals surface area contributed by atoms with Crippen LogP contribution in [-0.4, -0.2) is 31.2 Å². The molecule has 21 heavy (non-hydrogen) atoms. The minimum Gasteiger partial charge on any atom is -0.381 e. The summed E-state index contributed by atoms with van der Waals surface area (Å²) in [6.07, 6.45) is 7.24. The average molecular weight is 306 g/mol. The number of carbonyl (C=O) groups excluding carboxylic acids is 1. The average Bonchev–Trinajstić information content (AvgIpc) is 3.08. The Morgan fingerprint density at radius 1 is 1.24 bits per heavy atom. The highest BCUT2D eigenvalue weighted by atomic mass is 32.1. The van der Waals surface area contributed by atoms with Gasteiger partial charge in [0.25, 0.3) is 0 Å². The normalized spacial score (nSPS) is 27.7. The van der Waals surface area contributed by atoms with Crippen molar-refractivity contribution >= 4 is 17.1 Å². The van der Waals surface area contributed by atoms with E-state index in [1.807, 2.05) is 0 Å². The lowest BCUT2D eigenvalue weighted by Gasteiger charge is -2.42. The molecule has 2 saturated heterocycles. The molecule has 0 radical (unpaired) electrons. The van der Waals surface area contributed by atoms with Gasteiger partial charge in [-0.25, -0.2) is 0 Å². The fourth-order valence-corrected chi connectivity index (χ4v) is 5.27. The van der Waals surface area contributed by atoms with E-state index in [0.29, 0.717) is 5.78 Å². The number of ketones is 1. The van der Waals surface area contributed by atoms with Crippen LogP contribution in [0.5, 0.6) is 0 Å². The first-order valence-electron chi connectivity index (χ1n) is 8.13. The molecule has 1 aromatic rings. The zero-order chi connectivity index (χ0) is 14.3. The Kier molecular flexibility index (Phi) is 3.64. The lowest BCUT2D eigenvalue weighted by atomic mass is 9.79. The predicted octanol–water partition coefficient (Wildman–Crippen LogP) is 3.40. The summed E-state index contributed by atoms with van der Waals surface area (Å²) in [4.78, 5) is 15.3. The molecule has 1 aromatic heterocycles. The third-order valence-electron chi connectivity index (χ3n) is 5.26. The van der Waals surface area contributed by atoms with Crippen molar-refractivity contribution in [1.29, 1.82) is 0 Å². The van der Waals surface area contributed by atoms with E-state index in [0.717, 1.165) is 56.8 Å². The van der Waals surface area contributed by atoms with Crippen LogP contribution < -0.4 is 0 Å². The van der Waals surface area contributed by atoms with Crippen LogP contribution in [0.1, 0.15) is 52.2 Å². The van der Waals surface area contributed by atoms with Gasteiger partial charge in [-0.05, 0) is 56.6 Å². The molecule has 3 heterocycles. The van der Waals surface area contributed by atoms with Gasteiger partial charge in [0.2, 0.25) is 0 Å². The number of rotatable bonds is 2. The molecule has 1 unspecified atom stereocenters. The lowest BCUT2D eigenvalue weighted by Crippen LogP contribution is -2.45. The molecule has 0 saturated carbocycles. The van der Waals surface area contributed by atoms with Crippen LogP contribution in [0.2, 0.25) is 0 Å². The molecule has 0 N–H and O–H groups in total. The second kappa shape index (κ2) is 5.49. The second-order valence-corrected chi connectivity index (χ2v) is 7.75. The van der Waals surface area contributed by atoms with Gasteiger partial charge in [0.15, 0.2) is 5.78 Å². The number of Topliss-reactive ketones (excluding diaryl/α,β-unsaturated/α-hetero) is 1. The molecule has 2 aliphatic heterocycles. The Balaban J connectivity index is 1.50. The Labute approximate surface area is 129 Å². The molecule has 0 aromatic carbocycles. The van der Waals surface area contributed by atoms with Crippen molar-refractivity contribution in [1.82, 2.24) is 0 Å². The van der Waals surface area contributed by atoms with Crippen LogP contribution >= 0.6 is 11.3 Å². The quantitative estimate of drug-likeness (QED) is 0.786. The topological polar surface area (TPSA) is 35.5 Å². The zero-order valence-corrected chi connectivity index (χ0v) is 13.2. The Bertz CT molecular complexity index is 515. The number of aryl methyl sites for hydroxylation is 2. The number of fused-ring (bicyclic) bond motifs is 1. The molecule has 114 valence electrons. The summed E-state index contributed by atoms with van der Waals surface area (Å²) in [7, 11) is 0. The molecule has 1 spiro atoms. The van der Waals surface area contributed by atoms with E-state index in [4.69, 9.17) is 9.47 Å². The highest BCUT2D eigenvalue weighted by Crippen LogP contribution is 2.40. The summed E-state index contributed by atoms with van der Waals surface area (Å²) in [5.41, 5.74) is 1.34. The Morgan fingerprint density at radius 3 is 2.90 bits per heavy atom. The summed E-state index contributed by atoms with van der Waals surface area (Å²) in [6, 6.07) is 2.17. The minimum atomic E-state index is -0.0865. The highest BCUT2D eigenvalue weighted by Gasteiger charge is 2.41. The predicted molar refractivity (Wildman–Crippen MR) is 82.1 cm³/mol. The van der Waals surface area contributed by atoms with Crippen LogP contribution in [0, 0.1) is 5.92 Å². The van der Waals surface area contributed by atoms with Gasteiger partial charge < -0.3 is 9.47 Å². The van der Waals surface area contributed by atoms with Crippen LogP contribution in [0.15, 0.2) is 6.07 Å². The summed E-state index contributed by atoms with van der Waals surface area (Å²) >= 11 is 1.74. The van der Waals surface area contributed by atoms with Gasteiger partial charge in [-0.2, -0.15) is 0 Å². The first-order valence-corrected chi connectivity index (χ1v) is 8.95. The van der Waals surface area contributed by atoms with E-state index in [2.05, 4.69) is 6.07 Å². The third-order valence-corrected chi connectivity index (χ3v) is 6.51. The number of carbonyl (C=O) groups is 1. The second-order valence-electron chi connectivity index (χ2n) is 6.61. The SMILES string of the molecule is O=C(c1cc2c(s1)CCC2)C1CCOC2(CCOCC2)C1. The van der Waals surface area contributed by atoms with E-state index >= 15 is 0 Å². The fraction of sp³-hybridized carbons (Fsp3) is 0.706. The van der Waals surface area contributed by atoms with Crippen molar-refractivity contribution in [2.75, 3.05) is 19.8 Å². The highest BCUT2D eigenvalue weighted by molar-refractivity contribution is 7.14. The molecule has 4 rings (SSSR count). The molecular weight excluding hydrogens is 284 g/mol. The summed E-state index contributed by atoms with van der Waals surface area (Å²) in [5, 5.41) is 0. The maximum absolute atomic E-state index is 12.9. The summed E-state index contributed by atoms with van der Waals surface area (Å²) in [5.74, 6) is 0.513. The van der Waals surface area contributed by atoms with E-state index in [1.165, 1.54) is 23.3 Å². The van der Waals surface area contributed by atoms with Gasteiger partial charge in [-0.1, -0.05) is 0 Å². The number of thiophene rings is 1. The first-order chi connectivity index (χ1) is 10.3. The third kappa shape index (κ3) is 2.58. The van der Waals surface area contributed by atoms with E-state index in [1.54, 1.807) is 11.3 Å². The molecule has 0 amide bonds. The van der Waals surface area contributed by atoms with Crippen molar-refractivity contribution in [2.24, 2.45) is 5.92 Å². The molecule has 0 bridgehead atoms. The number of hydrogen-bond acceptors (Lipinski definition) is 4. The largest absolute Gasteiger partial charge is 0.381 e. The number of ether oxygens (including phenoxy) is 2. The number of hydrogen-bond donors (Lipinski definition) is 0. The van der Waals surface area contributed by atoms with Gasteiger partial charge in [-0.3, -0.25) is 4.79 Å². The van der Waals surface area contributed by atoms with Crippen LogP contribution in [0.25, 0.3) is 0 Å². The van der Waals surface area contributed by atoms with Crippen molar-refractivity contribution in [3.8, 4) is 0 Å². The Morgan fingerprint density at radius 2 is 2.10 bits per heavy atom. The van der Waals surface area contributed by atoms with Gasteiger partial charge in [0, 0.05) is 30.6 Å². The van der Waals surface area contributed by atoms with Gasteiger partial charge in [0.05, 0.1) is 10.5 Å². The van der Waals surface area contributed by atoms with Crippen molar-refractivity contribution in [2.45, 2.75) is 50.5 Å². The minimum absolute atomic E-state index is 0.0865. The van der Waals surface area contributed by atoms with E-state index in [-0.39, 0.29) is 11.5 Å².